The first kappa shape index (κ1) is 15.5. The third kappa shape index (κ3) is 3.22. The second-order valence-corrected chi connectivity index (χ2v) is 4.67. The number of methoxy groups -OCH3 is 1. The molecule has 0 radical (unpaired) electrons. The van der Waals surface area contributed by atoms with Gasteiger partial charge in [0.15, 0.2) is 0 Å². The number of rotatable bonds is 7. The molecular weight excluding hydrogens is 268 g/mol. The van der Waals surface area contributed by atoms with Crippen LogP contribution in [0.4, 0.5) is 5.69 Å². The van der Waals surface area contributed by atoms with Crippen molar-refractivity contribution in [3.8, 4) is 5.69 Å². The first-order chi connectivity index (χ1) is 10.2. The number of benzene rings is 1. The van der Waals surface area contributed by atoms with Gasteiger partial charge in [-0.2, -0.15) is 0 Å². The van der Waals surface area contributed by atoms with Crippen LogP contribution in [0.5, 0.6) is 0 Å². The zero-order valence-electron chi connectivity index (χ0n) is 12.8. The molecule has 1 aromatic heterocycles. The van der Waals surface area contributed by atoms with Gasteiger partial charge >= 0.3 is 0 Å². The van der Waals surface area contributed by atoms with Crippen LogP contribution in [0, 0.1) is 0 Å². The van der Waals surface area contributed by atoms with Gasteiger partial charge in [-0.25, -0.2) is 4.68 Å². The van der Waals surface area contributed by atoms with E-state index in [1.165, 1.54) is 5.69 Å². The number of aliphatic hydroxyl groups is 1. The lowest BCUT2D eigenvalue weighted by atomic mass is 10.2. The van der Waals surface area contributed by atoms with Crippen molar-refractivity contribution in [3.63, 3.8) is 0 Å². The Balaban J connectivity index is 2.32. The number of hydrogen-bond donors (Lipinski definition) is 1. The molecule has 6 nitrogen and oxygen atoms in total. The average molecular weight is 290 g/mol. The molecule has 0 aliphatic heterocycles. The van der Waals surface area contributed by atoms with Gasteiger partial charge in [0.05, 0.1) is 24.6 Å². The molecule has 0 unspecified atom stereocenters. The third-order valence-electron chi connectivity index (χ3n) is 3.50. The molecule has 1 heterocycles. The lowest BCUT2D eigenvalue weighted by molar-refractivity contribution is 0.175. The Kier molecular flexibility index (Phi) is 5.30. The highest BCUT2D eigenvalue weighted by atomic mass is 16.5. The van der Waals surface area contributed by atoms with Crippen molar-refractivity contribution >= 4 is 5.69 Å². The van der Waals surface area contributed by atoms with E-state index in [-0.39, 0.29) is 6.61 Å². The van der Waals surface area contributed by atoms with Crippen LogP contribution < -0.4 is 4.90 Å². The predicted octanol–water partition coefficient (Wildman–Crippen LogP) is 1.75. The van der Waals surface area contributed by atoms with E-state index in [2.05, 4.69) is 41.2 Å². The Bertz CT molecular complexity index is 562. The van der Waals surface area contributed by atoms with E-state index >= 15 is 0 Å². The lowest BCUT2D eigenvalue weighted by Gasteiger charge is -2.21. The van der Waals surface area contributed by atoms with E-state index in [1.54, 1.807) is 11.8 Å². The van der Waals surface area contributed by atoms with Crippen molar-refractivity contribution < 1.29 is 9.84 Å². The fraction of sp³-hybridized carbons (Fsp3) is 0.467. The molecule has 2 rings (SSSR count). The second-order valence-electron chi connectivity index (χ2n) is 4.67. The van der Waals surface area contributed by atoms with Crippen molar-refractivity contribution in [1.82, 2.24) is 15.0 Å². The van der Waals surface area contributed by atoms with E-state index in [0.717, 1.165) is 24.5 Å². The predicted molar refractivity (Wildman–Crippen MR) is 81.6 cm³/mol. The molecule has 0 atom stereocenters. The van der Waals surface area contributed by atoms with Gasteiger partial charge in [0.1, 0.15) is 5.69 Å². The van der Waals surface area contributed by atoms with Gasteiger partial charge in [0.25, 0.3) is 0 Å². The number of nitrogens with zero attached hydrogens (tertiary/aromatic N) is 4. The number of aliphatic hydroxyl groups excluding tert-OH is 1. The largest absolute Gasteiger partial charge is 0.390 e. The summed E-state index contributed by atoms with van der Waals surface area (Å²) in [5, 5.41) is 17.4. The summed E-state index contributed by atoms with van der Waals surface area (Å²) in [5.74, 6) is 0. The van der Waals surface area contributed by atoms with E-state index in [1.807, 2.05) is 12.1 Å². The van der Waals surface area contributed by atoms with Crippen molar-refractivity contribution in [1.29, 1.82) is 0 Å². The van der Waals surface area contributed by atoms with Gasteiger partial charge in [0, 0.05) is 25.9 Å². The average Bonchev–Trinajstić information content (AvgIpc) is 2.92. The standard InChI is InChI=1S/C15H22N4O2/c1-4-18(5-2)12-6-8-13(9-7-12)19-15(11-21-3)14(10-20)16-17-19/h6-9,20H,4-5,10-11H2,1-3H3. The maximum atomic E-state index is 9.31. The topological polar surface area (TPSA) is 63.4 Å². The summed E-state index contributed by atoms with van der Waals surface area (Å²) in [6.45, 7) is 6.44. The summed E-state index contributed by atoms with van der Waals surface area (Å²) < 4.78 is 6.88. The number of ether oxygens (including phenoxy) is 1. The first-order valence-corrected chi connectivity index (χ1v) is 7.13. The summed E-state index contributed by atoms with van der Waals surface area (Å²) >= 11 is 0. The molecule has 0 saturated carbocycles. The molecule has 0 aliphatic rings. The van der Waals surface area contributed by atoms with Gasteiger partial charge in [-0.3, -0.25) is 0 Å². The molecular formula is C15H22N4O2. The van der Waals surface area contributed by atoms with E-state index in [9.17, 15) is 5.11 Å². The van der Waals surface area contributed by atoms with Crippen LogP contribution in [0.15, 0.2) is 24.3 Å². The summed E-state index contributed by atoms with van der Waals surface area (Å²) in [6, 6.07) is 8.14. The monoisotopic (exact) mass is 290 g/mol. The third-order valence-corrected chi connectivity index (χ3v) is 3.50. The van der Waals surface area contributed by atoms with Crippen molar-refractivity contribution in [2.75, 3.05) is 25.1 Å². The zero-order chi connectivity index (χ0) is 15.2. The van der Waals surface area contributed by atoms with Gasteiger partial charge in [-0.1, -0.05) is 5.21 Å². The van der Waals surface area contributed by atoms with E-state index in [4.69, 9.17) is 4.74 Å². The number of anilines is 1. The molecule has 0 spiro atoms. The molecule has 21 heavy (non-hydrogen) atoms. The quantitative estimate of drug-likeness (QED) is 0.841. The normalized spacial score (nSPS) is 10.9. The minimum atomic E-state index is -0.143. The first-order valence-electron chi connectivity index (χ1n) is 7.13. The van der Waals surface area contributed by atoms with Crippen molar-refractivity contribution in [2.45, 2.75) is 27.1 Å². The maximum Gasteiger partial charge on any atom is 0.114 e. The van der Waals surface area contributed by atoms with Crippen molar-refractivity contribution in [2.24, 2.45) is 0 Å². The molecule has 0 saturated heterocycles. The van der Waals surface area contributed by atoms with Gasteiger partial charge in [-0.15, -0.1) is 5.10 Å². The molecule has 0 bridgehead atoms. The van der Waals surface area contributed by atoms with Crippen LogP contribution in [-0.4, -0.2) is 40.3 Å². The highest BCUT2D eigenvalue weighted by molar-refractivity contribution is 5.51. The van der Waals surface area contributed by atoms with Crippen LogP contribution in [-0.2, 0) is 18.0 Å². The molecule has 114 valence electrons. The van der Waals surface area contributed by atoms with Crippen molar-refractivity contribution in [3.05, 3.63) is 35.7 Å². The second kappa shape index (κ2) is 7.19. The van der Waals surface area contributed by atoms with E-state index in [0.29, 0.717) is 12.3 Å². The Morgan fingerprint density at radius 2 is 1.86 bits per heavy atom. The fourth-order valence-electron chi connectivity index (χ4n) is 2.34. The van der Waals surface area contributed by atoms with Crippen LogP contribution in [0.3, 0.4) is 0 Å². The Hall–Kier alpha value is -1.92. The minimum Gasteiger partial charge on any atom is -0.390 e. The minimum absolute atomic E-state index is 0.143. The Morgan fingerprint density at radius 3 is 2.38 bits per heavy atom. The molecule has 0 aliphatic carbocycles. The summed E-state index contributed by atoms with van der Waals surface area (Å²) in [5.41, 5.74) is 3.41. The molecule has 6 heteroatoms. The molecule has 1 N–H and O–H groups in total. The van der Waals surface area contributed by atoms with Gasteiger partial charge in [-0.05, 0) is 38.1 Å². The van der Waals surface area contributed by atoms with Crippen LogP contribution >= 0.6 is 0 Å². The SMILES string of the molecule is CCN(CC)c1ccc(-n2nnc(CO)c2COC)cc1. The summed E-state index contributed by atoms with van der Waals surface area (Å²) in [6.07, 6.45) is 0. The van der Waals surface area contributed by atoms with E-state index < -0.39 is 0 Å². The number of hydrogen-bond acceptors (Lipinski definition) is 5. The number of aromatic nitrogens is 3. The molecule has 2 aromatic rings. The maximum absolute atomic E-state index is 9.31. The smallest absolute Gasteiger partial charge is 0.114 e. The zero-order valence-corrected chi connectivity index (χ0v) is 12.8. The van der Waals surface area contributed by atoms with Crippen LogP contribution in [0.1, 0.15) is 25.2 Å². The van der Waals surface area contributed by atoms with Crippen LogP contribution in [0.2, 0.25) is 0 Å². The molecule has 1 aromatic carbocycles. The molecule has 0 amide bonds. The van der Waals surface area contributed by atoms with Crippen LogP contribution in [0.25, 0.3) is 5.69 Å². The van der Waals surface area contributed by atoms with Gasteiger partial charge < -0.3 is 14.7 Å². The Labute approximate surface area is 125 Å². The Morgan fingerprint density at radius 1 is 1.19 bits per heavy atom. The highest BCUT2D eigenvalue weighted by Crippen LogP contribution is 2.19. The summed E-state index contributed by atoms with van der Waals surface area (Å²) in [4.78, 5) is 2.28. The fourth-order valence-corrected chi connectivity index (χ4v) is 2.34. The van der Waals surface area contributed by atoms with Gasteiger partial charge in [0.2, 0.25) is 0 Å². The lowest BCUT2D eigenvalue weighted by Crippen LogP contribution is -2.21. The highest BCUT2D eigenvalue weighted by Gasteiger charge is 2.13. The molecule has 0 fully saturated rings. The summed E-state index contributed by atoms with van der Waals surface area (Å²) in [7, 11) is 1.61.